The van der Waals surface area contributed by atoms with Crippen LogP contribution in [0.2, 0.25) is 0 Å². The van der Waals surface area contributed by atoms with Gasteiger partial charge in [0.25, 0.3) is 0 Å². The predicted molar refractivity (Wildman–Crippen MR) is 62.2 cm³/mol. The van der Waals surface area contributed by atoms with Gasteiger partial charge in [-0.05, 0) is 26.2 Å². The monoisotopic (exact) mass is 249 g/mol. The number of halogens is 2. The fraction of sp³-hybridized carbons (Fsp3) is 0.909. The molecule has 0 radical (unpaired) electrons. The maximum absolute atomic E-state index is 12.2. The molecule has 0 aromatic rings. The Hall–Kier alpha value is 0.0500. The van der Waals surface area contributed by atoms with Gasteiger partial charge < -0.3 is 4.90 Å². The van der Waals surface area contributed by atoms with E-state index in [9.17, 15) is 4.79 Å². The Morgan fingerprint density at radius 2 is 1.60 bits per heavy atom. The number of rotatable bonds is 1. The second-order valence-electron chi connectivity index (χ2n) is 4.92. The van der Waals surface area contributed by atoms with E-state index in [2.05, 4.69) is 0 Å². The maximum Gasteiger partial charge on any atom is 0.231 e. The van der Waals surface area contributed by atoms with E-state index in [4.69, 9.17) is 23.2 Å². The molecule has 1 saturated carbocycles. The van der Waals surface area contributed by atoms with Gasteiger partial charge in [-0.2, -0.15) is 0 Å². The summed E-state index contributed by atoms with van der Waals surface area (Å²) in [4.78, 5) is 14.2. The zero-order valence-corrected chi connectivity index (χ0v) is 10.6. The fourth-order valence-electron chi connectivity index (χ4n) is 2.25. The third kappa shape index (κ3) is 1.99. The second kappa shape index (κ2) is 3.81. The van der Waals surface area contributed by atoms with Crippen molar-refractivity contribution in [3.05, 3.63) is 0 Å². The van der Waals surface area contributed by atoms with Crippen LogP contribution in [0, 0.1) is 5.41 Å². The van der Waals surface area contributed by atoms with E-state index in [1.165, 1.54) is 12.8 Å². The van der Waals surface area contributed by atoms with Gasteiger partial charge in [-0.15, -0.1) is 23.2 Å². The quantitative estimate of drug-likeness (QED) is 0.655. The average molecular weight is 250 g/mol. The van der Waals surface area contributed by atoms with Crippen molar-refractivity contribution in [2.75, 3.05) is 13.1 Å². The van der Waals surface area contributed by atoms with Crippen LogP contribution in [0.25, 0.3) is 0 Å². The van der Waals surface area contributed by atoms with Crippen LogP contribution in [0.5, 0.6) is 0 Å². The molecule has 1 aliphatic heterocycles. The molecule has 1 amide bonds. The summed E-state index contributed by atoms with van der Waals surface area (Å²) in [7, 11) is 0. The first kappa shape index (κ1) is 11.5. The SMILES string of the molecule is C[C@@]1(C(=O)N2CCCCCC2)CC1(Cl)Cl. The lowest BCUT2D eigenvalue weighted by molar-refractivity contribution is -0.136. The molecule has 2 nitrogen and oxygen atoms in total. The first-order valence-electron chi connectivity index (χ1n) is 5.65. The zero-order valence-electron chi connectivity index (χ0n) is 9.06. The number of hydrogen-bond acceptors (Lipinski definition) is 1. The summed E-state index contributed by atoms with van der Waals surface area (Å²) >= 11 is 12.0. The fourth-order valence-corrected chi connectivity index (χ4v) is 2.95. The summed E-state index contributed by atoms with van der Waals surface area (Å²) in [6.07, 6.45) is 5.28. The summed E-state index contributed by atoms with van der Waals surface area (Å²) in [6, 6.07) is 0. The number of carbonyl (C=O) groups excluding carboxylic acids is 1. The number of amides is 1. The molecule has 0 spiro atoms. The van der Waals surface area contributed by atoms with E-state index < -0.39 is 9.75 Å². The highest BCUT2D eigenvalue weighted by atomic mass is 35.5. The van der Waals surface area contributed by atoms with Crippen LogP contribution in [0.4, 0.5) is 0 Å². The maximum atomic E-state index is 12.2. The van der Waals surface area contributed by atoms with Crippen molar-refractivity contribution in [1.29, 1.82) is 0 Å². The molecule has 1 heterocycles. The van der Waals surface area contributed by atoms with Gasteiger partial charge in [-0.25, -0.2) is 0 Å². The van der Waals surface area contributed by atoms with Gasteiger partial charge in [0, 0.05) is 13.1 Å². The molecular weight excluding hydrogens is 233 g/mol. The van der Waals surface area contributed by atoms with Gasteiger partial charge in [-0.1, -0.05) is 12.8 Å². The predicted octanol–water partition coefficient (Wildman–Crippen LogP) is 2.97. The van der Waals surface area contributed by atoms with Crippen molar-refractivity contribution in [1.82, 2.24) is 4.90 Å². The highest BCUT2D eigenvalue weighted by Gasteiger charge is 2.68. The standard InChI is InChI=1S/C11H17Cl2NO/c1-10(8-11(10,12)13)9(15)14-6-4-2-3-5-7-14/h2-8H2,1H3/t10-/m0/s1. The lowest BCUT2D eigenvalue weighted by Gasteiger charge is -2.24. The van der Waals surface area contributed by atoms with E-state index >= 15 is 0 Å². The Labute approximate surface area is 101 Å². The van der Waals surface area contributed by atoms with Crippen molar-refractivity contribution in [2.45, 2.75) is 43.4 Å². The first-order chi connectivity index (χ1) is 6.97. The molecule has 2 fully saturated rings. The summed E-state index contributed by atoms with van der Waals surface area (Å²) in [5, 5.41) is 0. The van der Waals surface area contributed by atoms with Crippen LogP contribution in [0.1, 0.15) is 39.0 Å². The molecule has 0 bridgehead atoms. The van der Waals surface area contributed by atoms with Crippen LogP contribution in [0.15, 0.2) is 0 Å². The molecule has 15 heavy (non-hydrogen) atoms. The van der Waals surface area contributed by atoms with Crippen LogP contribution in [-0.4, -0.2) is 28.2 Å². The van der Waals surface area contributed by atoms with Gasteiger partial charge in [-0.3, -0.25) is 4.79 Å². The lowest BCUT2D eigenvalue weighted by atomic mass is 10.1. The third-order valence-electron chi connectivity index (χ3n) is 3.62. The topological polar surface area (TPSA) is 20.3 Å². The Morgan fingerprint density at radius 1 is 1.13 bits per heavy atom. The molecule has 2 rings (SSSR count). The van der Waals surface area contributed by atoms with E-state index in [0.29, 0.717) is 6.42 Å². The number of likely N-dealkylation sites (tertiary alicyclic amines) is 1. The zero-order chi connectivity index (χ0) is 11.1. The minimum Gasteiger partial charge on any atom is -0.342 e. The number of carbonyl (C=O) groups is 1. The Bertz CT molecular complexity index is 272. The van der Waals surface area contributed by atoms with E-state index in [1.54, 1.807) is 0 Å². The number of nitrogens with zero attached hydrogens (tertiary/aromatic N) is 1. The molecule has 86 valence electrons. The van der Waals surface area contributed by atoms with Gasteiger partial charge in [0.1, 0.15) is 4.33 Å². The van der Waals surface area contributed by atoms with Crippen molar-refractivity contribution >= 4 is 29.1 Å². The first-order valence-corrected chi connectivity index (χ1v) is 6.40. The van der Waals surface area contributed by atoms with Crippen LogP contribution in [0.3, 0.4) is 0 Å². The Kier molecular flexibility index (Phi) is 2.93. The number of alkyl halides is 2. The van der Waals surface area contributed by atoms with Crippen LogP contribution in [-0.2, 0) is 4.79 Å². The van der Waals surface area contributed by atoms with Crippen LogP contribution < -0.4 is 0 Å². The van der Waals surface area contributed by atoms with E-state index in [1.807, 2.05) is 11.8 Å². The van der Waals surface area contributed by atoms with E-state index in [-0.39, 0.29) is 5.91 Å². The lowest BCUT2D eigenvalue weighted by Crippen LogP contribution is -2.38. The van der Waals surface area contributed by atoms with Crippen molar-refractivity contribution in [2.24, 2.45) is 5.41 Å². The highest BCUT2D eigenvalue weighted by Crippen LogP contribution is 2.64. The molecule has 0 unspecified atom stereocenters. The van der Waals surface area contributed by atoms with Crippen molar-refractivity contribution in [3.63, 3.8) is 0 Å². The highest BCUT2D eigenvalue weighted by molar-refractivity contribution is 6.53. The molecular formula is C11H17Cl2NO. The average Bonchev–Trinajstić information content (AvgIpc) is 2.79. The minimum absolute atomic E-state index is 0.148. The molecule has 1 atom stereocenters. The molecule has 0 aromatic carbocycles. The Balaban J connectivity index is 2.01. The molecule has 4 heteroatoms. The van der Waals surface area contributed by atoms with Gasteiger partial charge in [0.05, 0.1) is 5.41 Å². The molecule has 2 aliphatic rings. The summed E-state index contributed by atoms with van der Waals surface area (Å²) < 4.78 is -0.823. The van der Waals surface area contributed by atoms with E-state index in [0.717, 1.165) is 25.9 Å². The summed E-state index contributed by atoms with van der Waals surface area (Å²) in [5.74, 6) is 0.148. The normalized spacial score (nSPS) is 34.7. The molecule has 1 saturated heterocycles. The smallest absolute Gasteiger partial charge is 0.231 e. The number of hydrogen-bond donors (Lipinski definition) is 0. The summed E-state index contributed by atoms with van der Waals surface area (Å²) in [5.41, 5.74) is -0.527. The van der Waals surface area contributed by atoms with Crippen molar-refractivity contribution in [3.8, 4) is 0 Å². The molecule has 0 aromatic heterocycles. The van der Waals surface area contributed by atoms with Crippen LogP contribution >= 0.6 is 23.2 Å². The minimum atomic E-state index is -0.823. The molecule has 1 aliphatic carbocycles. The van der Waals surface area contributed by atoms with Gasteiger partial charge in [0.15, 0.2) is 0 Å². The second-order valence-corrected chi connectivity index (χ2v) is 6.40. The van der Waals surface area contributed by atoms with Gasteiger partial charge >= 0.3 is 0 Å². The van der Waals surface area contributed by atoms with Crippen molar-refractivity contribution < 1.29 is 4.79 Å². The molecule has 0 N–H and O–H groups in total. The van der Waals surface area contributed by atoms with Gasteiger partial charge in [0.2, 0.25) is 5.91 Å². The largest absolute Gasteiger partial charge is 0.342 e. The summed E-state index contributed by atoms with van der Waals surface area (Å²) in [6.45, 7) is 3.62. The third-order valence-corrected chi connectivity index (χ3v) is 4.72. The Morgan fingerprint density at radius 3 is 2.00 bits per heavy atom.